The molecule has 114 valence electrons. The molecule has 0 radical (unpaired) electrons. The van der Waals surface area contributed by atoms with Crippen molar-refractivity contribution in [3.8, 4) is 5.75 Å². The van der Waals surface area contributed by atoms with Gasteiger partial charge in [-0.2, -0.15) is 0 Å². The van der Waals surface area contributed by atoms with Crippen molar-refractivity contribution in [2.45, 2.75) is 25.4 Å². The summed E-state index contributed by atoms with van der Waals surface area (Å²) in [5.41, 5.74) is 1.12. The second-order valence-electron chi connectivity index (χ2n) is 5.48. The van der Waals surface area contributed by atoms with Crippen LogP contribution in [-0.2, 0) is 11.3 Å². The number of carbonyl (C=O) groups is 1. The Balaban J connectivity index is 1.59. The summed E-state index contributed by atoms with van der Waals surface area (Å²) in [7, 11) is 0. The quantitative estimate of drug-likeness (QED) is 0.818. The van der Waals surface area contributed by atoms with Gasteiger partial charge in [0.2, 0.25) is 0 Å². The van der Waals surface area contributed by atoms with Gasteiger partial charge >= 0.3 is 0 Å². The summed E-state index contributed by atoms with van der Waals surface area (Å²) in [6.45, 7) is 0.589. The summed E-state index contributed by atoms with van der Waals surface area (Å²) < 4.78 is 18.3. The van der Waals surface area contributed by atoms with E-state index in [4.69, 9.17) is 4.74 Å². The highest BCUT2D eigenvalue weighted by atomic mass is 19.1. The average molecular weight is 299 g/mol. The maximum absolute atomic E-state index is 12.8. The first-order valence-corrected chi connectivity index (χ1v) is 7.44. The maximum atomic E-state index is 12.8. The third-order valence-corrected chi connectivity index (χ3v) is 3.68. The number of nitrogens with zero attached hydrogens (tertiary/aromatic N) is 1. The zero-order chi connectivity index (χ0) is 15.4. The highest BCUT2D eigenvalue weighted by molar-refractivity contribution is 5.78. The molecule has 22 heavy (non-hydrogen) atoms. The molecule has 0 heterocycles. The summed E-state index contributed by atoms with van der Waals surface area (Å²) in [6, 6.07) is 16.0. The van der Waals surface area contributed by atoms with E-state index in [9.17, 15) is 9.18 Å². The van der Waals surface area contributed by atoms with Crippen molar-refractivity contribution in [2.75, 3.05) is 6.61 Å². The van der Waals surface area contributed by atoms with E-state index in [2.05, 4.69) is 0 Å². The molecule has 1 fully saturated rings. The Labute approximate surface area is 129 Å². The zero-order valence-corrected chi connectivity index (χ0v) is 12.2. The van der Waals surface area contributed by atoms with E-state index in [0.717, 1.165) is 18.4 Å². The van der Waals surface area contributed by atoms with Crippen LogP contribution in [-0.4, -0.2) is 23.5 Å². The number of halogens is 1. The molecular weight excluding hydrogens is 281 g/mol. The van der Waals surface area contributed by atoms with Gasteiger partial charge in [0.05, 0.1) is 0 Å². The van der Waals surface area contributed by atoms with Crippen molar-refractivity contribution in [3.05, 3.63) is 66.0 Å². The predicted molar refractivity (Wildman–Crippen MR) is 81.9 cm³/mol. The van der Waals surface area contributed by atoms with Crippen LogP contribution >= 0.6 is 0 Å². The number of hydrogen-bond donors (Lipinski definition) is 0. The van der Waals surface area contributed by atoms with Crippen LogP contribution in [0.25, 0.3) is 0 Å². The molecule has 1 saturated carbocycles. The Bertz CT molecular complexity index is 623. The van der Waals surface area contributed by atoms with Gasteiger partial charge in [-0.05, 0) is 42.7 Å². The molecular formula is C18H18FNO2. The van der Waals surface area contributed by atoms with Gasteiger partial charge in [-0.3, -0.25) is 4.79 Å². The summed E-state index contributed by atoms with van der Waals surface area (Å²) in [4.78, 5) is 14.3. The van der Waals surface area contributed by atoms with Crippen LogP contribution in [0, 0.1) is 5.82 Å². The highest BCUT2D eigenvalue weighted by Crippen LogP contribution is 2.28. The van der Waals surface area contributed by atoms with Crippen LogP contribution in [0.1, 0.15) is 18.4 Å². The van der Waals surface area contributed by atoms with Gasteiger partial charge in [-0.1, -0.05) is 30.3 Å². The lowest BCUT2D eigenvalue weighted by Crippen LogP contribution is -2.36. The lowest BCUT2D eigenvalue weighted by Gasteiger charge is -2.22. The standard InChI is InChI=1S/C18H18FNO2/c19-15-6-10-17(11-7-15)22-13-18(21)20(16-8-9-16)12-14-4-2-1-3-5-14/h1-7,10-11,16H,8-9,12-13H2. The van der Waals surface area contributed by atoms with E-state index in [1.54, 1.807) is 0 Å². The average Bonchev–Trinajstić information content (AvgIpc) is 3.37. The van der Waals surface area contributed by atoms with Crippen LogP contribution in [0.3, 0.4) is 0 Å². The monoisotopic (exact) mass is 299 g/mol. The third kappa shape index (κ3) is 3.85. The van der Waals surface area contributed by atoms with Gasteiger partial charge in [0.25, 0.3) is 5.91 Å². The molecule has 3 nitrogen and oxygen atoms in total. The number of amides is 1. The Morgan fingerprint density at radius 3 is 2.41 bits per heavy atom. The SMILES string of the molecule is O=C(COc1ccc(F)cc1)N(Cc1ccccc1)C1CC1. The van der Waals surface area contributed by atoms with Gasteiger partial charge in [0.1, 0.15) is 11.6 Å². The fourth-order valence-electron chi connectivity index (χ4n) is 2.35. The van der Waals surface area contributed by atoms with E-state index >= 15 is 0 Å². The number of ether oxygens (including phenoxy) is 1. The Morgan fingerprint density at radius 2 is 1.77 bits per heavy atom. The summed E-state index contributed by atoms with van der Waals surface area (Å²) >= 11 is 0. The second kappa shape index (κ2) is 6.60. The molecule has 0 N–H and O–H groups in total. The number of carbonyl (C=O) groups excluding carboxylic acids is 1. The molecule has 0 bridgehead atoms. The molecule has 0 aliphatic heterocycles. The first-order valence-electron chi connectivity index (χ1n) is 7.44. The highest BCUT2D eigenvalue weighted by Gasteiger charge is 2.32. The molecule has 0 aromatic heterocycles. The molecule has 0 unspecified atom stereocenters. The Hall–Kier alpha value is -2.36. The minimum Gasteiger partial charge on any atom is -0.484 e. The van der Waals surface area contributed by atoms with Gasteiger partial charge in [-0.15, -0.1) is 0 Å². The molecule has 2 aromatic rings. The Kier molecular flexibility index (Phi) is 4.37. The largest absolute Gasteiger partial charge is 0.484 e. The third-order valence-electron chi connectivity index (χ3n) is 3.68. The summed E-state index contributed by atoms with van der Waals surface area (Å²) in [6.07, 6.45) is 2.10. The fraction of sp³-hybridized carbons (Fsp3) is 0.278. The molecule has 4 heteroatoms. The van der Waals surface area contributed by atoms with Crippen LogP contribution in [0.15, 0.2) is 54.6 Å². The molecule has 2 aromatic carbocycles. The second-order valence-corrected chi connectivity index (χ2v) is 5.48. The summed E-state index contributed by atoms with van der Waals surface area (Å²) in [5.74, 6) is 0.156. The predicted octanol–water partition coefficient (Wildman–Crippen LogP) is 3.40. The van der Waals surface area contributed by atoms with Crippen LogP contribution < -0.4 is 4.74 Å². The molecule has 1 aliphatic rings. The molecule has 0 atom stereocenters. The lowest BCUT2D eigenvalue weighted by atomic mass is 10.2. The van der Waals surface area contributed by atoms with Crippen molar-refractivity contribution in [3.63, 3.8) is 0 Å². The minimum atomic E-state index is -0.317. The first-order chi connectivity index (χ1) is 10.7. The number of rotatable bonds is 6. The molecule has 3 rings (SSSR count). The van der Waals surface area contributed by atoms with Crippen molar-refractivity contribution < 1.29 is 13.9 Å². The van der Waals surface area contributed by atoms with E-state index in [1.165, 1.54) is 24.3 Å². The normalized spacial score (nSPS) is 13.7. The van der Waals surface area contributed by atoms with Crippen molar-refractivity contribution in [2.24, 2.45) is 0 Å². The van der Waals surface area contributed by atoms with Crippen molar-refractivity contribution in [1.82, 2.24) is 4.90 Å². The van der Waals surface area contributed by atoms with E-state index in [1.807, 2.05) is 35.2 Å². The van der Waals surface area contributed by atoms with Gasteiger partial charge in [0, 0.05) is 12.6 Å². The van der Waals surface area contributed by atoms with Gasteiger partial charge in [-0.25, -0.2) is 4.39 Å². The van der Waals surface area contributed by atoms with E-state index in [0.29, 0.717) is 18.3 Å². The maximum Gasteiger partial charge on any atom is 0.261 e. The molecule has 0 saturated heterocycles. The molecule has 1 amide bonds. The Morgan fingerprint density at radius 1 is 1.09 bits per heavy atom. The van der Waals surface area contributed by atoms with Crippen molar-refractivity contribution in [1.29, 1.82) is 0 Å². The lowest BCUT2D eigenvalue weighted by molar-refractivity contribution is -0.134. The van der Waals surface area contributed by atoms with Crippen molar-refractivity contribution >= 4 is 5.91 Å². The summed E-state index contributed by atoms with van der Waals surface area (Å²) in [5, 5.41) is 0. The topological polar surface area (TPSA) is 29.5 Å². The number of benzene rings is 2. The zero-order valence-electron chi connectivity index (χ0n) is 12.2. The fourth-order valence-corrected chi connectivity index (χ4v) is 2.35. The first kappa shape index (κ1) is 14.6. The molecule has 0 spiro atoms. The van der Waals surface area contributed by atoms with Crippen LogP contribution in [0.5, 0.6) is 5.75 Å². The number of hydrogen-bond acceptors (Lipinski definition) is 2. The van der Waals surface area contributed by atoms with Crippen LogP contribution in [0.4, 0.5) is 4.39 Å². The van der Waals surface area contributed by atoms with E-state index in [-0.39, 0.29) is 18.3 Å². The van der Waals surface area contributed by atoms with Gasteiger partial charge in [0.15, 0.2) is 6.61 Å². The smallest absolute Gasteiger partial charge is 0.261 e. The van der Waals surface area contributed by atoms with Crippen LogP contribution in [0.2, 0.25) is 0 Å². The minimum absolute atomic E-state index is 0.0189. The molecule has 1 aliphatic carbocycles. The van der Waals surface area contributed by atoms with E-state index < -0.39 is 0 Å². The van der Waals surface area contributed by atoms with Gasteiger partial charge < -0.3 is 9.64 Å².